The summed E-state index contributed by atoms with van der Waals surface area (Å²) in [4.78, 5) is 0. The average molecular weight is 274 g/mol. The summed E-state index contributed by atoms with van der Waals surface area (Å²) < 4.78 is 0.980. The number of hydrogen-bond acceptors (Lipinski definition) is 1. The van der Waals surface area contributed by atoms with E-state index in [1.165, 1.54) is 30.4 Å². The topological polar surface area (TPSA) is 20.2 Å². The zero-order valence-electron chi connectivity index (χ0n) is 6.81. The van der Waals surface area contributed by atoms with E-state index in [2.05, 4.69) is 28.7 Å². The van der Waals surface area contributed by atoms with E-state index in [1.54, 1.807) is 0 Å². The van der Waals surface area contributed by atoms with Crippen LogP contribution in [0.2, 0.25) is 0 Å². The van der Waals surface area contributed by atoms with Crippen molar-refractivity contribution in [3.05, 3.63) is 26.8 Å². The fourth-order valence-corrected chi connectivity index (χ4v) is 2.27. The molecular formula is C10H11IO. The van der Waals surface area contributed by atoms with Crippen molar-refractivity contribution >= 4 is 22.6 Å². The molecule has 12 heavy (non-hydrogen) atoms. The Kier molecular flexibility index (Phi) is 2.26. The molecule has 1 N–H and O–H groups in total. The summed E-state index contributed by atoms with van der Waals surface area (Å²) in [6.45, 7) is 0. The van der Waals surface area contributed by atoms with Gasteiger partial charge in [0, 0.05) is 0 Å². The third-order valence-electron chi connectivity index (χ3n) is 2.41. The molecule has 0 amide bonds. The maximum atomic E-state index is 9.47. The van der Waals surface area contributed by atoms with Crippen LogP contribution in [0, 0.1) is 3.57 Å². The molecule has 0 spiro atoms. The molecule has 0 bridgehead atoms. The van der Waals surface area contributed by atoms with Gasteiger partial charge in [0.25, 0.3) is 0 Å². The summed E-state index contributed by atoms with van der Waals surface area (Å²) in [7, 11) is 0. The molecule has 0 atom stereocenters. The Morgan fingerprint density at radius 1 is 1.08 bits per heavy atom. The zero-order valence-corrected chi connectivity index (χ0v) is 8.97. The van der Waals surface area contributed by atoms with E-state index >= 15 is 0 Å². The highest BCUT2D eigenvalue weighted by Crippen LogP contribution is 2.28. The first-order valence-corrected chi connectivity index (χ1v) is 5.35. The molecule has 0 aliphatic heterocycles. The number of rotatable bonds is 0. The molecule has 1 aromatic carbocycles. The minimum absolute atomic E-state index is 0.441. The van der Waals surface area contributed by atoms with Gasteiger partial charge >= 0.3 is 0 Å². The maximum absolute atomic E-state index is 9.47. The minimum atomic E-state index is 0.441. The van der Waals surface area contributed by atoms with E-state index in [-0.39, 0.29) is 0 Å². The van der Waals surface area contributed by atoms with Gasteiger partial charge in [-0.05, 0) is 71.5 Å². The lowest BCUT2D eigenvalue weighted by molar-refractivity contribution is 0.469. The third-order valence-corrected chi connectivity index (χ3v) is 3.28. The van der Waals surface area contributed by atoms with Crippen LogP contribution < -0.4 is 0 Å². The van der Waals surface area contributed by atoms with Crippen molar-refractivity contribution < 1.29 is 5.11 Å². The highest BCUT2D eigenvalue weighted by molar-refractivity contribution is 14.1. The van der Waals surface area contributed by atoms with Crippen molar-refractivity contribution in [3.63, 3.8) is 0 Å². The number of aryl methyl sites for hydroxylation is 2. The molecule has 0 unspecified atom stereocenters. The van der Waals surface area contributed by atoms with Crippen LogP contribution in [-0.2, 0) is 12.8 Å². The van der Waals surface area contributed by atoms with Gasteiger partial charge in [0.2, 0.25) is 0 Å². The maximum Gasteiger partial charge on any atom is 0.129 e. The molecule has 0 saturated carbocycles. The summed E-state index contributed by atoms with van der Waals surface area (Å²) >= 11 is 2.18. The van der Waals surface area contributed by atoms with Crippen LogP contribution in [-0.4, -0.2) is 5.11 Å². The smallest absolute Gasteiger partial charge is 0.129 e. The van der Waals surface area contributed by atoms with Gasteiger partial charge in [-0.2, -0.15) is 0 Å². The van der Waals surface area contributed by atoms with Gasteiger partial charge in [-0.1, -0.05) is 0 Å². The molecular weight excluding hydrogens is 263 g/mol. The molecule has 2 heteroatoms. The molecule has 0 heterocycles. The largest absolute Gasteiger partial charge is 0.507 e. The number of hydrogen-bond donors (Lipinski definition) is 1. The van der Waals surface area contributed by atoms with Gasteiger partial charge in [0.1, 0.15) is 5.75 Å². The summed E-state index contributed by atoms with van der Waals surface area (Å²) in [5, 5.41) is 9.47. The van der Waals surface area contributed by atoms with Crippen molar-refractivity contribution in [2.75, 3.05) is 0 Å². The molecule has 1 aromatic rings. The van der Waals surface area contributed by atoms with E-state index in [4.69, 9.17) is 0 Å². The van der Waals surface area contributed by atoms with Crippen LogP contribution in [0.4, 0.5) is 0 Å². The number of halogens is 1. The quantitative estimate of drug-likeness (QED) is 0.721. The number of phenols is 1. The van der Waals surface area contributed by atoms with Gasteiger partial charge in [0.15, 0.2) is 0 Å². The summed E-state index contributed by atoms with van der Waals surface area (Å²) in [6, 6.07) is 4.04. The van der Waals surface area contributed by atoms with Crippen molar-refractivity contribution in [3.8, 4) is 5.75 Å². The van der Waals surface area contributed by atoms with Gasteiger partial charge in [-0.25, -0.2) is 0 Å². The summed E-state index contributed by atoms with van der Waals surface area (Å²) in [6.07, 6.45) is 4.90. The van der Waals surface area contributed by atoms with Crippen LogP contribution in [0.1, 0.15) is 24.0 Å². The second-order valence-corrected chi connectivity index (χ2v) is 4.44. The Bertz CT molecular complexity index is 276. The van der Waals surface area contributed by atoms with Gasteiger partial charge in [-0.15, -0.1) is 0 Å². The number of benzene rings is 1. The first-order chi connectivity index (χ1) is 5.77. The zero-order chi connectivity index (χ0) is 8.55. The fraction of sp³-hybridized carbons (Fsp3) is 0.400. The lowest BCUT2D eigenvalue weighted by atomic mass is 9.92. The number of aromatic hydroxyl groups is 1. The molecule has 1 nitrogen and oxygen atoms in total. The predicted molar refractivity (Wildman–Crippen MR) is 57.5 cm³/mol. The Hall–Kier alpha value is -0.250. The Balaban J connectivity index is 2.49. The highest BCUT2D eigenvalue weighted by Gasteiger charge is 2.11. The van der Waals surface area contributed by atoms with Crippen molar-refractivity contribution in [1.29, 1.82) is 0 Å². The van der Waals surface area contributed by atoms with Crippen LogP contribution in [0.5, 0.6) is 5.75 Å². The minimum Gasteiger partial charge on any atom is -0.507 e. The SMILES string of the molecule is Oc1cc2c(cc1I)CCCC2. The molecule has 0 aromatic heterocycles. The Labute approximate surface area is 85.9 Å². The van der Waals surface area contributed by atoms with E-state index in [0.717, 1.165) is 9.99 Å². The molecule has 0 saturated heterocycles. The Morgan fingerprint density at radius 2 is 1.67 bits per heavy atom. The monoisotopic (exact) mass is 274 g/mol. The van der Waals surface area contributed by atoms with Crippen LogP contribution in [0.25, 0.3) is 0 Å². The molecule has 64 valence electrons. The van der Waals surface area contributed by atoms with Gasteiger partial charge < -0.3 is 5.11 Å². The predicted octanol–water partition coefficient (Wildman–Crippen LogP) is 2.88. The number of phenolic OH excluding ortho intramolecular Hbond substituents is 1. The molecule has 0 radical (unpaired) electrons. The summed E-state index contributed by atoms with van der Waals surface area (Å²) in [5.41, 5.74) is 2.78. The summed E-state index contributed by atoms with van der Waals surface area (Å²) in [5.74, 6) is 0.441. The fourth-order valence-electron chi connectivity index (χ4n) is 1.74. The van der Waals surface area contributed by atoms with E-state index in [0.29, 0.717) is 5.75 Å². The second-order valence-electron chi connectivity index (χ2n) is 3.28. The lowest BCUT2D eigenvalue weighted by Crippen LogP contribution is -2.02. The third kappa shape index (κ3) is 1.44. The molecule has 0 fully saturated rings. The van der Waals surface area contributed by atoms with Crippen LogP contribution >= 0.6 is 22.6 Å². The van der Waals surface area contributed by atoms with Gasteiger partial charge in [-0.3, -0.25) is 0 Å². The van der Waals surface area contributed by atoms with Crippen molar-refractivity contribution in [2.24, 2.45) is 0 Å². The van der Waals surface area contributed by atoms with Crippen molar-refractivity contribution in [2.45, 2.75) is 25.7 Å². The van der Waals surface area contributed by atoms with Gasteiger partial charge in [0.05, 0.1) is 3.57 Å². The van der Waals surface area contributed by atoms with E-state index < -0.39 is 0 Å². The van der Waals surface area contributed by atoms with Crippen LogP contribution in [0.15, 0.2) is 12.1 Å². The average Bonchev–Trinajstić information content (AvgIpc) is 2.07. The van der Waals surface area contributed by atoms with Crippen molar-refractivity contribution in [1.82, 2.24) is 0 Å². The van der Waals surface area contributed by atoms with E-state index in [1.807, 2.05) is 6.07 Å². The molecule has 2 rings (SSSR count). The molecule has 1 aliphatic rings. The first-order valence-electron chi connectivity index (χ1n) is 4.27. The first kappa shape index (κ1) is 8.35. The lowest BCUT2D eigenvalue weighted by Gasteiger charge is -2.16. The van der Waals surface area contributed by atoms with Crippen LogP contribution in [0.3, 0.4) is 0 Å². The Morgan fingerprint density at radius 3 is 2.33 bits per heavy atom. The molecule has 1 aliphatic carbocycles. The van der Waals surface area contributed by atoms with E-state index in [9.17, 15) is 5.11 Å². The number of fused-ring (bicyclic) bond motifs is 1. The highest BCUT2D eigenvalue weighted by atomic mass is 127. The normalized spacial score (nSPS) is 15.8. The second kappa shape index (κ2) is 3.24. The standard InChI is InChI=1S/C10H11IO/c11-9-5-7-3-1-2-4-8(7)6-10(9)12/h5-6,12H,1-4H2.